The maximum atomic E-state index is 14.2. The molecular weight excluding hydrogens is 472 g/mol. The van der Waals surface area contributed by atoms with E-state index in [1.807, 2.05) is 95.9 Å². The number of amides is 2. The lowest BCUT2D eigenvalue weighted by Crippen LogP contribution is -2.51. The first kappa shape index (κ1) is 24.1. The molecule has 190 valence electrons. The molecule has 2 N–H and O–H groups in total. The maximum absolute atomic E-state index is 14.2. The smallest absolute Gasteiger partial charge is 0.254 e. The fourth-order valence-electron chi connectivity index (χ4n) is 6.04. The molecule has 1 heterocycles. The summed E-state index contributed by atoms with van der Waals surface area (Å²) in [5.41, 5.74) is 6.56. The van der Waals surface area contributed by atoms with Gasteiger partial charge >= 0.3 is 0 Å². The topological polar surface area (TPSA) is 69.6 Å². The second-order valence-corrected chi connectivity index (χ2v) is 10.2. The highest BCUT2D eigenvalue weighted by Crippen LogP contribution is 2.45. The number of nitrogens with one attached hydrogen (secondary N) is 1. The molecule has 0 saturated carbocycles. The molecule has 2 amide bonds. The summed E-state index contributed by atoms with van der Waals surface area (Å²) in [4.78, 5) is 30.2. The third kappa shape index (κ3) is 4.39. The van der Waals surface area contributed by atoms with E-state index < -0.39 is 12.0 Å². The van der Waals surface area contributed by atoms with E-state index in [9.17, 15) is 14.7 Å². The molecule has 0 radical (unpaired) electrons. The van der Waals surface area contributed by atoms with E-state index in [2.05, 4.69) is 17.4 Å². The van der Waals surface area contributed by atoms with Crippen molar-refractivity contribution in [2.75, 3.05) is 0 Å². The van der Waals surface area contributed by atoms with Crippen molar-refractivity contribution in [1.82, 2.24) is 10.2 Å². The highest BCUT2D eigenvalue weighted by atomic mass is 16.3. The zero-order valence-electron chi connectivity index (χ0n) is 21.1. The number of hydrogen-bond acceptors (Lipinski definition) is 3. The van der Waals surface area contributed by atoms with Crippen LogP contribution < -0.4 is 5.32 Å². The van der Waals surface area contributed by atoms with Crippen LogP contribution in [0.2, 0.25) is 0 Å². The molecule has 0 spiro atoms. The third-order valence-corrected chi connectivity index (χ3v) is 7.89. The predicted molar refractivity (Wildman–Crippen MR) is 146 cm³/mol. The van der Waals surface area contributed by atoms with Crippen molar-refractivity contribution < 1.29 is 14.7 Å². The molecule has 2 atom stereocenters. The van der Waals surface area contributed by atoms with Gasteiger partial charge in [-0.3, -0.25) is 9.59 Å². The van der Waals surface area contributed by atoms with E-state index >= 15 is 0 Å². The fraction of sp³-hybridized carbons (Fsp3) is 0.212. The largest absolute Gasteiger partial charge is 0.392 e. The summed E-state index contributed by atoms with van der Waals surface area (Å²) in [6.45, 7) is 0.354. The lowest BCUT2D eigenvalue weighted by molar-refractivity contribution is -0.124. The number of benzene rings is 4. The second-order valence-electron chi connectivity index (χ2n) is 10.2. The van der Waals surface area contributed by atoms with E-state index in [0.717, 1.165) is 35.1 Å². The minimum absolute atomic E-state index is 0.0400. The molecule has 6 rings (SSSR count). The summed E-state index contributed by atoms with van der Waals surface area (Å²) in [6, 6.07) is 32.8. The highest BCUT2D eigenvalue weighted by molar-refractivity contribution is 6.01. The van der Waals surface area contributed by atoms with Crippen LogP contribution in [0.4, 0.5) is 0 Å². The molecule has 38 heavy (non-hydrogen) atoms. The van der Waals surface area contributed by atoms with Gasteiger partial charge in [0.1, 0.15) is 0 Å². The number of hydrogen-bond donors (Lipinski definition) is 2. The van der Waals surface area contributed by atoms with Gasteiger partial charge in [0.15, 0.2) is 0 Å². The molecule has 2 aliphatic rings. The van der Waals surface area contributed by atoms with Crippen LogP contribution in [0.3, 0.4) is 0 Å². The molecule has 0 fully saturated rings. The minimum atomic E-state index is -0.573. The van der Waals surface area contributed by atoms with Gasteiger partial charge in [0.05, 0.1) is 18.6 Å². The first-order valence-electron chi connectivity index (χ1n) is 13.1. The Kier molecular flexibility index (Phi) is 6.52. The predicted octanol–water partition coefficient (Wildman–Crippen LogP) is 4.94. The zero-order chi connectivity index (χ0) is 26.1. The molecule has 0 saturated heterocycles. The molecule has 0 aromatic heterocycles. The molecule has 4 aromatic carbocycles. The van der Waals surface area contributed by atoms with Crippen LogP contribution in [0.15, 0.2) is 103 Å². The average Bonchev–Trinajstić information content (AvgIpc) is 3.40. The number of fused-ring (bicyclic) bond motifs is 2. The Morgan fingerprint density at radius 3 is 2.11 bits per heavy atom. The molecule has 5 heteroatoms. The quantitative estimate of drug-likeness (QED) is 0.392. The Bertz CT molecular complexity index is 1440. The molecule has 1 aliphatic carbocycles. The standard InChI is InChI=1S/C33H30N2O3/c36-21-23-14-16-24(17-15-23)31-30(32(37)34-20-22-8-2-1-3-9-22)28-12-6-7-13-29(28)33(38)35(31)27-18-25-10-4-5-11-26(25)19-27/h1-17,27,30-31,36H,18-21H2,(H,34,37)/t30-,31+/m1/s1. The average molecular weight is 503 g/mol. The van der Waals surface area contributed by atoms with Crippen molar-refractivity contribution >= 4 is 11.8 Å². The number of nitrogens with zero attached hydrogens (tertiary/aromatic N) is 1. The maximum Gasteiger partial charge on any atom is 0.254 e. The van der Waals surface area contributed by atoms with Gasteiger partial charge in [-0.25, -0.2) is 0 Å². The monoisotopic (exact) mass is 502 g/mol. The third-order valence-electron chi connectivity index (χ3n) is 7.89. The number of rotatable bonds is 6. The number of carbonyl (C=O) groups excluding carboxylic acids is 2. The van der Waals surface area contributed by atoms with Crippen LogP contribution in [-0.4, -0.2) is 27.9 Å². The Morgan fingerprint density at radius 1 is 0.789 bits per heavy atom. The van der Waals surface area contributed by atoms with Crippen LogP contribution in [0.1, 0.15) is 55.7 Å². The van der Waals surface area contributed by atoms with Crippen LogP contribution in [0, 0.1) is 0 Å². The van der Waals surface area contributed by atoms with E-state index in [0.29, 0.717) is 12.1 Å². The Labute approximate surface area is 222 Å². The first-order chi connectivity index (χ1) is 18.6. The summed E-state index contributed by atoms with van der Waals surface area (Å²) >= 11 is 0. The molecule has 5 nitrogen and oxygen atoms in total. The number of aliphatic hydroxyl groups excluding tert-OH is 1. The second kappa shape index (κ2) is 10.3. The van der Waals surface area contributed by atoms with Gasteiger partial charge in [-0.2, -0.15) is 0 Å². The van der Waals surface area contributed by atoms with Crippen molar-refractivity contribution in [2.45, 2.75) is 44.0 Å². The molecular formula is C33H30N2O3. The minimum Gasteiger partial charge on any atom is -0.392 e. The van der Waals surface area contributed by atoms with E-state index in [1.54, 1.807) is 0 Å². The van der Waals surface area contributed by atoms with Crippen molar-refractivity contribution in [1.29, 1.82) is 0 Å². The van der Waals surface area contributed by atoms with Crippen LogP contribution in [-0.2, 0) is 30.8 Å². The van der Waals surface area contributed by atoms with Crippen molar-refractivity contribution in [2.24, 2.45) is 0 Å². The SMILES string of the molecule is O=C(NCc1ccccc1)[C@@H]1c2ccccc2C(=O)N(C2Cc3ccccc3C2)[C@H]1c1ccc(CO)cc1. The van der Waals surface area contributed by atoms with Crippen molar-refractivity contribution in [3.05, 3.63) is 142 Å². The van der Waals surface area contributed by atoms with Crippen LogP contribution >= 0.6 is 0 Å². The van der Waals surface area contributed by atoms with Crippen LogP contribution in [0.25, 0.3) is 0 Å². The van der Waals surface area contributed by atoms with Gasteiger partial charge in [0, 0.05) is 18.2 Å². The van der Waals surface area contributed by atoms with Crippen LogP contribution in [0.5, 0.6) is 0 Å². The molecule has 0 unspecified atom stereocenters. The first-order valence-corrected chi connectivity index (χ1v) is 13.1. The Morgan fingerprint density at radius 2 is 1.42 bits per heavy atom. The highest BCUT2D eigenvalue weighted by Gasteiger charge is 2.47. The summed E-state index contributed by atoms with van der Waals surface area (Å²) < 4.78 is 0. The normalized spacial score (nSPS) is 18.7. The summed E-state index contributed by atoms with van der Waals surface area (Å²) in [5, 5.41) is 12.8. The van der Waals surface area contributed by atoms with Gasteiger partial charge in [0.25, 0.3) is 5.91 Å². The van der Waals surface area contributed by atoms with E-state index in [-0.39, 0.29) is 24.5 Å². The van der Waals surface area contributed by atoms with Gasteiger partial charge in [-0.15, -0.1) is 0 Å². The van der Waals surface area contributed by atoms with Gasteiger partial charge < -0.3 is 15.3 Å². The fourth-order valence-corrected chi connectivity index (χ4v) is 6.04. The van der Waals surface area contributed by atoms with Gasteiger partial charge in [-0.1, -0.05) is 97.1 Å². The summed E-state index contributed by atoms with van der Waals surface area (Å²) in [6.07, 6.45) is 1.52. The number of aliphatic hydroxyl groups is 1. The summed E-state index contributed by atoms with van der Waals surface area (Å²) in [7, 11) is 0. The molecule has 1 aliphatic heterocycles. The summed E-state index contributed by atoms with van der Waals surface area (Å²) in [5.74, 6) is -0.719. The Balaban J connectivity index is 1.44. The van der Waals surface area contributed by atoms with Crippen molar-refractivity contribution in [3.63, 3.8) is 0 Å². The lowest BCUT2D eigenvalue weighted by atomic mass is 9.78. The molecule has 0 bridgehead atoms. The lowest BCUT2D eigenvalue weighted by Gasteiger charge is -2.45. The zero-order valence-corrected chi connectivity index (χ0v) is 21.1. The van der Waals surface area contributed by atoms with Gasteiger partial charge in [0.2, 0.25) is 5.91 Å². The molecule has 4 aromatic rings. The number of carbonyl (C=O) groups is 2. The Hall–Kier alpha value is -4.22. The van der Waals surface area contributed by atoms with Crippen molar-refractivity contribution in [3.8, 4) is 0 Å². The van der Waals surface area contributed by atoms with Gasteiger partial charge in [-0.05, 0) is 52.3 Å². The van der Waals surface area contributed by atoms with E-state index in [4.69, 9.17) is 0 Å². The van der Waals surface area contributed by atoms with E-state index in [1.165, 1.54) is 11.1 Å².